The van der Waals surface area contributed by atoms with Crippen LogP contribution in [-0.2, 0) is 9.05 Å². The van der Waals surface area contributed by atoms with E-state index in [2.05, 4.69) is 21.2 Å². The predicted molar refractivity (Wildman–Crippen MR) is 86.1 cm³/mol. The van der Waals surface area contributed by atoms with Crippen molar-refractivity contribution in [1.82, 2.24) is 5.32 Å². The zero-order valence-electron chi connectivity index (χ0n) is 11.4. The molecule has 0 heterocycles. The minimum absolute atomic E-state index is 0.0739. The molecule has 1 aliphatic rings. The number of hydrogen-bond donors (Lipinski definition) is 1. The lowest BCUT2D eigenvalue weighted by Crippen LogP contribution is -2.30. The zero-order chi connectivity index (χ0) is 15.5. The topological polar surface area (TPSA) is 63.2 Å². The number of carbonyl (C=O) groups is 1. The van der Waals surface area contributed by atoms with Crippen LogP contribution >= 0.6 is 26.6 Å². The highest BCUT2D eigenvalue weighted by Crippen LogP contribution is 2.25. The van der Waals surface area contributed by atoms with Crippen LogP contribution in [-0.4, -0.2) is 20.9 Å². The molecule has 0 aromatic heterocycles. The van der Waals surface area contributed by atoms with Crippen molar-refractivity contribution in [3.8, 4) is 0 Å². The van der Waals surface area contributed by atoms with Crippen LogP contribution in [0, 0.1) is 5.92 Å². The van der Waals surface area contributed by atoms with Gasteiger partial charge in [0.1, 0.15) is 0 Å². The first kappa shape index (κ1) is 16.8. The molecule has 1 aromatic carbocycles. The maximum absolute atomic E-state index is 12.2. The first-order valence-electron chi connectivity index (χ1n) is 6.90. The fraction of sp³-hybridized carbons (Fsp3) is 0.500. The molecule has 1 fully saturated rings. The van der Waals surface area contributed by atoms with Gasteiger partial charge in [-0.25, -0.2) is 8.42 Å². The van der Waals surface area contributed by atoms with E-state index in [1.165, 1.54) is 37.5 Å². The molecule has 1 N–H and O–H groups in total. The monoisotopic (exact) mass is 393 g/mol. The van der Waals surface area contributed by atoms with E-state index in [0.29, 0.717) is 16.9 Å². The Hall–Kier alpha value is -0.590. The molecule has 1 aromatic rings. The highest BCUT2D eigenvalue weighted by atomic mass is 79.9. The Kier molecular flexibility index (Phi) is 5.68. The van der Waals surface area contributed by atoms with E-state index in [1.54, 1.807) is 0 Å². The van der Waals surface area contributed by atoms with Gasteiger partial charge >= 0.3 is 0 Å². The summed E-state index contributed by atoms with van der Waals surface area (Å²) in [4.78, 5) is 12.1. The molecule has 1 aliphatic carbocycles. The minimum atomic E-state index is -3.84. The lowest BCUT2D eigenvalue weighted by molar-refractivity contribution is 0.0942. The van der Waals surface area contributed by atoms with E-state index in [9.17, 15) is 13.2 Å². The van der Waals surface area contributed by atoms with Crippen LogP contribution in [0.15, 0.2) is 27.6 Å². The number of nitrogens with one attached hydrogen (secondary N) is 1. The van der Waals surface area contributed by atoms with Crippen molar-refractivity contribution in [2.45, 2.75) is 37.0 Å². The second-order valence-corrected chi connectivity index (χ2v) is 8.71. The van der Waals surface area contributed by atoms with E-state index in [-0.39, 0.29) is 16.4 Å². The molecule has 0 unspecified atom stereocenters. The molecule has 7 heteroatoms. The lowest BCUT2D eigenvalue weighted by atomic mass is 9.89. The average molecular weight is 395 g/mol. The summed E-state index contributed by atoms with van der Waals surface area (Å²) in [6.45, 7) is 0.628. The van der Waals surface area contributed by atoms with Crippen molar-refractivity contribution in [2.75, 3.05) is 6.54 Å². The van der Waals surface area contributed by atoms with Crippen LogP contribution in [0.3, 0.4) is 0 Å². The van der Waals surface area contributed by atoms with Crippen molar-refractivity contribution in [3.05, 3.63) is 28.2 Å². The van der Waals surface area contributed by atoms with Crippen LogP contribution in [0.1, 0.15) is 42.5 Å². The molecule has 1 amide bonds. The molecule has 21 heavy (non-hydrogen) atoms. The first-order chi connectivity index (χ1) is 9.88. The number of carbonyl (C=O) groups excluding carboxylic acids is 1. The third kappa shape index (κ3) is 4.69. The second kappa shape index (κ2) is 7.11. The smallest absolute Gasteiger partial charge is 0.261 e. The highest BCUT2D eigenvalue weighted by molar-refractivity contribution is 9.10. The fourth-order valence-electron chi connectivity index (χ4n) is 2.55. The van der Waals surface area contributed by atoms with Crippen LogP contribution in [0.25, 0.3) is 0 Å². The molecule has 0 bridgehead atoms. The quantitative estimate of drug-likeness (QED) is 0.792. The Morgan fingerprint density at radius 2 is 1.95 bits per heavy atom. The van der Waals surface area contributed by atoms with Gasteiger partial charge in [0.05, 0.1) is 10.5 Å². The van der Waals surface area contributed by atoms with Crippen LogP contribution in [0.2, 0.25) is 0 Å². The molecule has 116 valence electrons. The summed E-state index contributed by atoms with van der Waals surface area (Å²) >= 11 is 3.27. The third-order valence-electron chi connectivity index (χ3n) is 3.74. The lowest BCUT2D eigenvalue weighted by Gasteiger charge is -2.21. The number of rotatable bonds is 4. The molecule has 2 rings (SSSR count). The largest absolute Gasteiger partial charge is 0.352 e. The Morgan fingerprint density at radius 1 is 1.29 bits per heavy atom. The standard InChI is InChI=1S/C14H17BrClNO3S/c15-13-7-6-11(21(16,19)20)8-12(13)14(18)17-9-10-4-2-1-3-5-10/h6-8,10H,1-5,9H2,(H,17,18). The molecular formula is C14H17BrClNO3S. The number of hydrogen-bond acceptors (Lipinski definition) is 3. The summed E-state index contributed by atoms with van der Waals surface area (Å²) < 4.78 is 23.2. The predicted octanol–water partition coefficient (Wildman–Crippen LogP) is 3.69. The SMILES string of the molecule is O=C(NCC1CCCCC1)c1cc(S(=O)(=O)Cl)ccc1Br. The summed E-state index contributed by atoms with van der Waals surface area (Å²) in [5.41, 5.74) is 0.285. The van der Waals surface area contributed by atoms with Crippen LogP contribution in [0.5, 0.6) is 0 Å². The third-order valence-corrected chi connectivity index (χ3v) is 5.78. The van der Waals surface area contributed by atoms with Crippen LogP contribution in [0.4, 0.5) is 0 Å². The van der Waals surface area contributed by atoms with Crippen molar-refractivity contribution < 1.29 is 13.2 Å². The molecular weight excluding hydrogens is 378 g/mol. The van der Waals surface area contributed by atoms with Crippen molar-refractivity contribution >= 4 is 41.6 Å². The Balaban J connectivity index is 2.07. The van der Waals surface area contributed by atoms with Gasteiger partial charge in [-0.15, -0.1) is 0 Å². The normalized spacial score (nSPS) is 16.7. The van der Waals surface area contributed by atoms with Gasteiger partial charge in [0.2, 0.25) is 0 Å². The van der Waals surface area contributed by atoms with Crippen molar-refractivity contribution in [3.63, 3.8) is 0 Å². The van der Waals surface area contributed by atoms with Gasteiger partial charge in [0.25, 0.3) is 15.0 Å². The summed E-state index contributed by atoms with van der Waals surface area (Å²) in [6, 6.07) is 4.18. The first-order valence-corrected chi connectivity index (χ1v) is 10.0. The second-order valence-electron chi connectivity index (χ2n) is 5.29. The van der Waals surface area contributed by atoms with Gasteiger partial charge in [-0.3, -0.25) is 4.79 Å². The molecule has 1 saturated carbocycles. The van der Waals surface area contributed by atoms with Gasteiger partial charge in [-0.05, 0) is 52.9 Å². The summed E-state index contributed by atoms with van der Waals surface area (Å²) in [5.74, 6) is 0.232. The molecule has 0 aliphatic heterocycles. The molecule has 4 nitrogen and oxygen atoms in total. The van der Waals surface area contributed by atoms with Gasteiger partial charge in [-0.2, -0.15) is 0 Å². The van der Waals surface area contributed by atoms with Gasteiger partial charge in [-0.1, -0.05) is 19.3 Å². The highest BCUT2D eigenvalue weighted by Gasteiger charge is 2.18. The van der Waals surface area contributed by atoms with E-state index in [0.717, 1.165) is 12.8 Å². The Morgan fingerprint density at radius 3 is 2.57 bits per heavy atom. The Labute approximate surface area is 137 Å². The number of amides is 1. The summed E-state index contributed by atoms with van der Waals surface area (Å²) in [5, 5.41) is 2.88. The van der Waals surface area contributed by atoms with E-state index in [4.69, 9.17) is 10.7 Å². The van der Waals surface area contributed by atoms with Gasteiger partial charge in [0, 0.05) is 21.7 Å². The number of halogens is 2. The molecule has 0 atom stereocenters. The maximum atomic E-state index is 12.2. The summed E-state index contributed by atoms with van der Waals surface area (Å²) in [7, 11) is 1.47. The number of benzene rings is 1. The van der Waals surface area contributed by atoms with Crippen molar-refractivity contribution in [2.24, 2.45) is 5.92 Å². The van der Waals surface area contributed by atoms with Gasteiger partial charge in [0.15, 0.2) is 0 Å². The van der Waals surface area contributed by atoms with Gasteiger partial charge < -0.3 is 5.32 Å². The minimum Gasteiger partial charge on any atom is -0.352 e. The van der Waals surface area contributed by atoms with E-state index in [1.807, 2.05) is 0 Å². The fourth-order valence-corrected chi connectivity index (χ4v) is 3.76. The molecule has 0 saturated heterocycles. The van der Waals surface area contributed by atoms with Crippen molar-refractivity contribution in [1.29, 1.82) is 0 Å². The maximum Gasteiger partial charge on any atom is 0.261 e. The molecule has 0 radical (unpaired) electrons. The summed E-state index contributed by atoms with van der Waals surface area (Å²) in [6.07, 6.45) is 5.97. The van der Waals surface area contributed by atoms with E-state index >= 15 is 0 Å². The average Bonchev–Trinajstić information content (AvgIpc) is 2.45. The van der Waals surface area contributed by atoms with E-state index < -0.39 is 9.05 Å². The Bertz CT molecular complexity index is 627. The van der Waals surface area contributed by atoms with Crippen LogP contribution < -0.4 is 5.32 Å². The molecule has 0 spiro atoms. The zero-order valence-corrected chi connectivity index (χ0v) is 14.6.